The minimum absolute atomic E-state index is 0.227. The van der Waals surface area contributed by atoms with Crippen LogP contribution in [0.25, 0.3) is 0 Å². The Morgan fingerprint density at radius 3 is 2.74 bits per heavy atom. The quantitative estimate of drug-likeness (QED) is 0.846. The standard InChI is InChI=1S/C15H21N3O/c19-11-18-9-3-6-14(18)12-7-8-15(16-10-12)17-13-4-1-2-5-13/h7-8,10-11,13-14H,1-6,9H2,(H,16,17)/t14-/m1/s1. The van der Waals surface area contributed by atoms with Gasteiger partial charge in [0, 0.05) is 18.8 Å². The van der Waals surface area contributed by atoms with Crippen molar-refractivity contribution in [1.82, 2.24) is 9.88 Å². The third-order valence-corrected chi connectivity index (χ3v) is 4.31. The van der Waals surface area contributed by atoms with E-state index in [9.17, 15) is 4.79 Å². The molecule has 2 aliphatic rings. The number of nitrogens with zero attached hydrogens (tertiary/aromatic N) is 2. The third kappa shape index (κ3) is 2.72. The van der Waals surface area contributed by atoms with E-state index in [0.29, 0.717) is 6.04 Å². The minimum atomic E-state index is 0.227. The van der Waals surface area contributed by atoms with Gasteiger partial charge in [-0.15, -0.1) is 0 Å². The highest BCUT2D eigenvalue weighted by Gasteiger charge is 2.24. The molecule has 2 heterocycles. The van der Waals surface area contributed by atoms with Gasteiger partial charge in [-0.05, 0) is 37.3 Å². The second kappa shape index (κ2) is 5.59. The van der Waals surface area contributed by atoms with E-state index in [2.05, 4.69) is 22.4 Å². The van der Waals surface area contributed by atoms with Gasteiger partial charge in [-0.2, -0.15) is 0 Å². The highest BCUT2D eigenvalue weighted by Crippen LogP contribution is 2.30. The van der Waals surface area contributed by atoms with Crippen molar-refractivity contribution >= 4 is 12.2 Å². The second-order valence-electron chi connectivity index (χ2n) is 5.60. The van der Waals surface area contributed by atoms with E-state index in [-0.39, 0.29) is 6.04 Å². The number of likely N-dealkylation sites (tertiary alicyclic amines) is 1. The molecule has 2 fully saturated rings. The highest BCUT2D eigenvalue weighted by atomic mass is 16.1. The molecular weight excluding hydrogens is 238 g/mol. The van der Waals surface area contributed by atoms with Gasteiger partial charge in [0.05, 0.1) is 6.04 Å². The van der Waals surface area contributed by atoms with E-state index < -0.39 is 0 Å². The number of aromatic nitrogens is 1. The maximum atomic E-state index is 11.0. The molecule has 0 aromatic carbocycles. The van der Waals surface area contributed by atoms with Gasteiger partial charge in [0.15, 0.2) is 0 Å². The van der Waals surface area contributed by atoms with Crippen molar-refractivity contribution in [2.45, 2.75) is 50.6 Å². The fraction of sp³-hybridized carbons (Fsp3) is 0.600. The highest BCUT2D eigenvalue weighted by molar-refractivity contribution is 5.50. The Balaban J connectivity index is 1.66. The lowest BCUT2D eigenvalue weighted by Crippen LogP contribution is -2.21. The molecule has 1 atom stereocenters. The van der Waals surface area contributed by atoms with Crippen molar-refractivity contribution in [3.05, 3.63) is 23.9 Å². The van der Waals surface area contributed by atoms with Crippen molar-refractivity contribution < 1.29 is 4.79 Å². The van der Waals surface area contributed by atoms with Gasteiger partial charge in [0.25, 0.3) is 0 Å². The molecular formula is C15H21N3O. The van der Waals surface area contributed by atoms with E-state index in [1.54, 1.807) is 0 Å². The average Bonchev–Trinajstić information content (AvgIpc) is 3.10. The molecule has 4 heteroatoms. The van der Waals surface area contributed by atoms with Crippen molar-refractivity contribution in [3.8, 4) is 0 Å². The molecule has 0 bridgehead atoms. The number of carbonyl (C=O) groups is 1. The summed E-state index contributed by atoms with van der Waals surface area (Å²) in [7, 11) is 0. The van der Waals surface area contributed by atoms with E-state index in [0.717, 1.165) is 37.2 Å². The lowest BCUT2D eigenvalue weighted by molar-refractivity contribution is -0.118. The second-order valence-corrected chi connectivity index (χ2v) is 5.60. The Hall–Kier alpha value is -1.58. The van der Waals surface area contributed by atoms with Crippen LogP contribution < -0.4 is 5.32 Å². The van der Waals surface area contributed by atoms with Crippen LogP contribution in [-0.2, 0) is 4.79 Å². The van der Waals surface area contributed by atoms with Gasteiger partial charge in [-0.3, -0.25) is 4.79 Å². The Morgan fingerprint density at radius 2 is 2.05 bits per heavy atom. The lowest BCUT2D eigenvalue weighted by Gasteiger charge is -2.20. The normalized spacial score (nSPS) is 23.8. The third-order valence-electron chi connectivity index (χ3n) is 4.31. The maximum absolute atomic E-state index is 11.0. The van der Waals surface area contributed by atoms with E-state index >= 15 is 0 Å². The van der Waals surface area contributed by atoms with Crippen LogP contribution in [0.3, 0.4) is 0 Å². The van der Waals surface area contributed by atoms with Crippen LogP contribution in [0, 0.1) is 0 Å². The molecule has 1 N–H and O–H groups in total. The summed E-state index contributed by atoms with van der Waals surface area (Å²) in [5, 5.41) is 3.49. The zero-order valence-electron chi connectivity index (χ0n) is 11.2. The zero-order valence-corrected chi connectivity index (χ0v) is 11.2. The predicted octanol–water partition coefficient (Wildman–Crippen LogP) is 2.73. The fourth-order valence-electron chi connectivity index (χ4n) is 3.24. The summed E-state index contributed by atoms with van der Waals surface area (Å²) in [6, 6.07) is 4.98. The Kier molecular flexibility index (Phi) is 3.67. The van der Waals surface area contributed by atoms with Gasteiger partial charge in [0.2, 0.25) is 6.41 Å². The number of rotatable bonds is 4. The Bertz CT molecular complexity index is 426. The van der Waals surface area contributed by atoms with Crippen LogP contribution >= 0.6 is 0 Å². The molecule has 19 heavy (non-hydrogen) atoms. The van der Waals surface area contributed by atoms with E-state index in [4.69, 9.17) is 0 Å². The van der Waals surface area contributed by atoms with Crippen LogP contribution in [0.15, 0.2) is 18.3 Å². The van der Waals surface area contributed by atoms with E-state index in [1.807, 2.05) is 11.1 Å². The number of carbonyl (C=O) groups excluding carboxylic acids is 1. The number of nitrogens with one attached hydrogen (secondary N) is 1. The van der Waals surface area contributed by atoms with Gasteiger partial charge in [-0.25, -0.2) is 4.98 Å². The van der Waals surface area contributed by atoms with Crippen molar-refractivity contribution in [2.75, 3.05) is 11.9 Å². The van der Waals surface area contributed by atoms with Crippen molar-refractivity contribution in [3.63, 3.8) is 0 Å². The molecule has 1 aromatic rings. The van der Waals surface area contributed by atoms with Gasteiger partial charge >= 0.3 is 0 Å². The van der Waals surface area contributed by atoms with Gasteiger partial charge in [0.1, 0.15) is 5.82 Å². The number of hydrogen-bond donors (Lipinski definition) is 1. The first-order valence-electron chi connectivity index (χ1n) is 7.30. The molecule has 0 spiro atoms. The van der Waals surface area contributed by atoms with Crippen molar-refractivity contribution in [1.29, 1.82) is 0 Å². The van der Waals surface area contributed by atoms with Crippen LogP contribution in [0.1, 0.15) is 50.1 Å². The molecule has 4 nitrogen and oxygen atoms in total. The smallest absolute Gasteiger partial charge is 0.210 e. The molecule has 1 aliphatic carbocycles. The van der Waals surface area contributed by atoms with Gasteiger partial charge < -0.3 is 10.2 Å². The number of pyridine rings is 1. The number of hydrogen-bond acceptors (Lipinski definition) is 3. The topological polar surface area (TPSA) is 45.2 Å². The molecule has 3 rings (SSSR count). The maximum Gasteiger partial charge on any atom is 0.210 e. The number of anilines is 1. The zero-order chi connectivity index (χ0) is 13.1. The van der Waals surface area contributed by atoms with Gasteiger partial charge in [-0.1, -0.05) is 18.9 Å². The first kappa shape index (κ1) is 12.5. The molecule has 1 aromatic heterocycles. The molecule has 102 valence electrons. The summed E-state index contributed by atoms with van der Waals surface area (Å²) in [6.07, 6.45) is 10.2. The molecule has 1 amide bonds. The monoisotopic (exact) mass is 259 g/mol. The molecule has 0 radical (unpaired) electrons. The van der Waals surface area contributed by atoms with Crippen LogP contribution in [0.2, 0.25) is 0 Å². The molecule has 1 saturated heterocycles. The Labute approximate surface area is 114 Å². The molecule has 1 aliphatic heterocycles. The minimum Gasteiger partial charge on any atom is -0.367 e. The summed E-state index contributed by atoms with van der Waals surface area (Å²) in [6.45, 7) is 0.871. The predicted molar refractivity (Wildman–Crippen MR) is 74.9 cm³/mol. The first-order valence-corrected chi connectivity index (χ1v) is 7.30. The van der Waals surface area contributed by atoms with Crippen LogP contribution in [0.4, 0.5) is 5.82 Å². The lowest BCUT2D eigenvalue weighted by atomic mass is 10.1. The van der Waals surface area contributed by atoms with Crippen LogP contribution in [0.5, 0.6) is 0 Å². The van der Waals surface area contributed by atoms with Crippen molar-refractivity contribution in [2.24, 2.45) is 0 Å². The summed E-state index contributed by atoms with van der Waals surface area (Å²) < 4.78 is 0. The van der Waals surface area contributed by atoms with E-state index in [1.165, 1.54) is 25.7 Å². The first-order chi connectivity index (χ1) is 9.36. The number of amides is 1. The molecule has 1 saturated carbocycles. The van der Waals surface area contributed by atoms with Crippen LogP contribution in [-0.4, -0.2) is 28.9 Å². The molecule has 0 unspecified atom stereocenters. The Morgan fingerprint density at radius 1 is 1.21 bits per heavy atom. The summed E-state index contributed by atoms with van der Waals surface area (Å²) in [5.41, 5.74) is 1.15. The summed E-state index contributed by atoms with van der Waals surface area (Å²) in [4.78, 5) is 17.4. The SMILES string of the molecule is O=CN1CCC[C@@H]1c1ccc(NC2CCCC2)nc1. The fourth-order valence-corrected chi connectivity index (χ4v) is 3.24. The average molecular weight is 259 g/mol. The summed E-state index contributed by atoms with van der Waals surface area (Å²) >= 11 is 0. The largest absolute Gasteiger partial charge is 0.367 e. The summed E-state index contributed by atoms with van der Waals surface area (Å²) in [5.74, 6) is 0.964.